The zero-order valence-corrected chi connectivity index (χ0v) is 12.7. The van der Waals surface area contributed by atoms with Crippen LogP contribution in [0.1, 0.15) is 16.7 Å². The van der Waals surface area contributed by atoms with Gasteiger partial charge in [0.1, 0.15) is 0 Å². The van der Waals surface area contributed by atoms with E-state index in [1.54, 1.807) is 0 Å². The molecule has 2 aromatic rings. The molecule has 106 valence electrons. The maximum absolute atomic E-state index is 8.98. The van der Waals surface area contributed by atoms with E-state index in [0.29, 0.717) is 22.4 Å². The summed E-state index contributed by atoms with van der Waals surface area (Å²) < 4.78 is 5.67. The highest BCUT2D eigenvalue weighted by Crippen LogP contribution is 2.34. The smallest absolute Gasteiger partial charge is 0.156 e. The molecule has 1 N–H and O–H groups in total. The Hall–Kier alpha value is -1.22. The van der Waals surface area contributed by atoms with E-state index in [4.69, 9.17) is 33.0 Å². The minimum atomic E-state index is 0.0609. The number of rotatable bonds is 5. The summed E-state index contributed by atoms with van der Waals surface area (Å²) in [5, 5.41) is 10.0. The molecule has 0 bridgehead atoms. The van der Waals surface area contributed by atoms with E-state index in [1.165, 1.54) is 0 Å². The van der Waals surface area contributed by atoms with Crippen LogP contribution in [-0.2, 0) is 13.0 Å². The fourth-order valence-corrected chi connectivity index (χ4v) is 2.61. The molecule has 0 aliphatic heterocycles. The Bertz CT molecular complexity index is 557. The number of aliphatic hydroxyl groups excluding tert-OH is 1. The maximum atomic E-state index is 8.98. The van der Waals surface area contributed by atoms with Gasteiger partial charge in [-0.2, -0.15) is 0 Å². The second-order valence-corrected chi connectivity index (χ2v) is 5.45. The predicted octanol–water partition coefficient (Wildman–Crippen LogP) is 4.42. The predicted molar refractivity (Wildman–Crippen MR) is 82.8 cm³/mol. The Kier molecular flexibility index (Phi) is 5.30. The molecule has 0 saturated carbocycles. The number of aryl methyl sites for hydroxylation is 1. The lowest BCUT2D eigenvalue weighted by molar-refractivity contribution is 0.282. The summed E-state index contributed by atoms with van der Waals surface area (Å²) in [6.07, 6.45) is 0.756. The number of hydrogen-bond donors (Lipinski definition) is 1. The third-order valence-corrected chi connectivity index (χ3v) is 3.55. The molecule has 2 nitrogen and oxygen atoms in total. The first-order chi connectivity index (χ1) is 9.60. The van der Waals surface area contributed by atoms with Crippen LogP contribution < -0.4 is 4.74 Å². The summed E-state index contributed by atoms with van der Waals surface area (Å²) in [5.74, 6) is 0.533. The van der Waals surface area contributed by atoms with Crippen molar-refractivity contribution in [2.75, 3.05) is 6.61 Å². The van der Waals surface area contributed by atoms with Crippen molar-refractivity contribution in [1.82, 2.24) is 0 Å². The molecule has 2 rings (SSSR count). The molecule has 0 saturated heterocycles. The highest BCUT2D eigenvalue weighted by Gasteiger charge is 2.08. The van der Waals surface area contributed by atoms with Gasteiger partial charge in [0.2, 0.25) is 0 Å². The van der Waals surface area contributed by atoms with Gasteiger partial charge in [0.05, 0.1) is 23.3 Å². The van der Waals surface area contributed by atoms with Crippen LogP contribution in [0.4, 0.5) is 0 Å². The van der Waals surface area contributed by atoms with Crippen molar-refractivity contribution in [1.29, 1.82) is 0 Å². The van der Waals surface area contributed by atoms with Crippen LogP contribution >= 0.6 is 23.2 Å². The summed E-state index contributed by atoms with van der Waals surface area (Å²) in [5.41, 5.74) is 3.05. The number of halogens is 2. The van der Waals surface area contributed by atoms with Gasteiger partial charge in [0, 0.05) is 6.42 Å². The van der Waals surface area contributed by atoms with Gasteiger partial charge in [-0.05, 0) is 35.7 Å². The van der Waals surface area contributed by atoms with Crippen molar-refractivity contribution >= 4 is 23.2 Å². The van der Waals surface area contributed by atoms with Gasteiger partial charge in [-0.25, -0.2) is 0 Å². The standard InChI is InChI=1S/C16H16Cl2O2/c1-11-8-14(17)16(15(18)9-11)20-7-6-12-2-4-13(10-19)5-3-12/h2-5,8-9,19H,6-7,10H2,1H3. The Balaban J connectivity index is 1.95. The maximum Gasteiger partial charge on any atom is 0.156 e. The molecular formula is C16H16Cl2O2. The average Bonchev–Trinajstić information content (AvgIpc) is 2.42. The van der Waals surface area contributed by atoms with E-state index in [9.17, 15) is 0 Å². The first-order valence-corrected chi connectivity index (χ1v) is 7.13. The number of hydrogen-bond acceptors (Lipinski definition) is 2. The van der Waals surface area contributed by atoms with Crippen molar-refractivity contribution in [2.24, 2.45) is 0 Å². The largest absolute Gasteiger partial charge is 0.490 e. The van der Waals surface area contributed by atoms with Crippen molar-refractivity contribution < 1.29 is 9.84 Å². The van der Waals surface area contributed by atoms with E-state index >= 15 is 0 Å². The van der Waals surface area contributed by atoms with Crippen molar-refractivity contribution in [3.63, 3.8) is 0 Å². The number of aliphatic hydroxyl groups is 1. The lowest BCUT2D eigenvalue weighted by atomic mass is 10.1. The molecule has 0 aliphatic rings. The van der Waals surface area contributed by atoms with E-state index in [1.807, 2.05) is 43.3 Å². The van der Waals surface area contributed by atoms with Crippen LogP contribution in [0.3, 0.4) is 0 Å². The fraction of sp³-hybridized carbons (Fsp3) is 0.250. The third kappa shape index (κ3) is 3.89. The normalized spacial score (nSPS) is 10.6. The molecule has 0 amide bonds. The molecule has 2 aromatic carbocycles. The van der Waals surface area contributed by atoms with E-state index in [2.05, 4.69) is 0 Å². The summed E-state index contributed by atoms with van der Waals surface area (Å²) in [6, 6.07) is 11.4. The molecule has 0 radical (unpaired) electrons. The monoisotopic (exact) mass is 310 g/mol. The first kappa shape index (κ1) is 15.2. The zero-order valence-electron chi connectivity index (χ0n) is 11.2. The highest BCUT2D eigenvalue weighted by molar-refractivity contribution is 6.37. The number of ether oxygens (including phenoxy) is 1. The molecule has 0 aromatic heterocycles. The van der Waals surface area contributed by atoms with Crippen LogP contribution in [0.25, 0.3) is 0 Å². The number of benzene rings is 2. The zero-order chi connectivity index (χ0) is 14.5. The lowest BCUT2D eigenvalue weighted by Gasteiger charge is -2.11. The van der Waals surface area contributed by atoms with Gasteiger partial charge in [-0.15, -0.1) is 0 Å². The summed E-state index contributed by atoms with van der Waals surface area (Å²) >= 11 is 12.2. The lowest BCUT2D eigenvalue weighted by Crippen LogP contribution is -2.02. The first-order valence-electron chi connectivity index (χ1n) is 6.37. The Morgan fingerprint density at radius 3 is 2.10 bits per heavy atom. The van der Waals surface area contributed by atoms with Crippen molar-refractivity contribution in [3.8, 4) is 5.75 Å². The van der Waals surface area contributed by atoms with Gasteiger partial charge in [-0.3, -0.25) is 0 Å². The minimum Gasteiger partial charge on any atom is -0.490 e. The van der Waals surface area contributed by atoms with Crippen LogP contribution in [0.15, 0.2) is 36.4 Å². The van der Waals surface area contributed by atoms with Crippen LogP contribution in [0.2, 0.25) is 10.0 Å². The summed E-state index contributed by atoms with van der Waals surface area (Å²) in [6.45, 7) is 2.50. The van der Waals surface area contributed by atoms with Crippen molar-refractivity contribution in [2.45, 2.75) is 20.0 Å². The molecule has 4 heteroatoms. The van der Waals surface area contributed by atoms with Crippen molar-refractivity contribution in [3.05, 3.63) is 63.1 Å². The van der Waals surface area contributed by atoms with Gasteiger partial charge < -0.3 is 9.84 Å². The molecule has 0 fully saturated rings. The molecule has 0 unspecified atom stereocenters. The summed E-state index contributed by atoms with van der Waals surface area (Å²) in [7, 11) is 0. The van der Waals surface area contributed by atoms with E-state index in [0.717, 1.165) is 23.1 Å². The Morgan fingerprint density at radius 2 is 1.55 bits per heavy atom. The Labute approximate surface area is 128 Å². The topological polar surface area (TPSA) is 29.5 Å². The van der Waals surface area contributed by atoms with Crippen LogP contribution in [0, 0.1) is 6.92 Å². The van der Waals surface area contributed by atoms with Gasteiger partial charge in [0.15, 0.2) is 5.75 Å². The van der Waals surface area contributed by atoms with E-state index < -0.39 is 0 Å². The second kappa shape index (κ2) is 6.98. The average molecular weight is 311 g/mol. The van der Waals surface area contributed by atoms with Crippen LogP contribution in [0.5, 0.6) is 5.75 Å². The van der Waals surface area contributed by atoms with Gasteiger partial charge in [0.25, 0.3) is 0 Å². The van der Waals surface area contributed by atoms with Crippen LogP contribution in [-0.4, -0.2) is 11.7 Å². The fourth-order valence-electron chi connectivity index (χ4n) is 1.91. The van der Waals surface area contributed by atoms with Gasteiger partial charge >= 0.3 is 0 Å². The molecular weight excluding hydrogens is 295 g/mol. The van der Waals surface area contributed by atoms with Gasteiger partial charge in [-0.1, -0.05) is 47.5 Å². The molecule has 20 heavy (non-hydrogen) atoms. The molecule has 0 atom stereocenters. The molecule has 0 spiro atoms. The minimum absolute atomic E-state index is 0.0609. The SMILES string of the molecule is Cc1cc(Cl)c(OCCc2ccc(CO)cc2)c(Cl)c1. The Morgan fingerprint density at radius 1 is 1.00 bits per heavy atom. The summed E-state index contributed by atoms with van der Waals surface area (Å²) in [4.78, 5) is 0. The molecule has 0 heterocycles. The molecule has 0 aliphatic carbocycles. The third-order valence-electron chi connectivity index (χ3n) is 2.99. The van der Waals surface area contributed by atoms with E-state index in [-0.39, 0.29) is 6.61 Å². The quantitative estimate of drug-likeness (QED) is 0.886. The second-order valence-electron chi connectivity index (χ2n) is 4.63. The highest BCUT2D eigenvalue weighted by atomic mass is 35.5.